The molecule has 0 aliphatic carbocycles. The third kappa shape index (κ3) is 5.49. The molecule has 2 aromatic heterocycles. The summed E-state index contributed by atoms with van der Waals surface area (Å²) >= 11 is 0. The van der Waals surface area contributed by atoms with Crippen LogP contribution in [0, 0.1) is 0 Å². The molecule has 32 heavy (non-hydrogen) atoms. The van der Waals surface area contributed by atoms with Crippen molar-refractivity contribution in [2.45, 2.75) is 45.3 Å². The van der Waals surface area contributed by atoms with E-state index in [0.717, 1.165) is 41.8 Å². The molecule has 170 valence electrons. The fourth-order valence-electron chi connectivity index (χ4n) is 3.82. The van der Waals surface area contributed by atoms with Gasteiger partial charge in [-0.2, -0.15) is 0 Å². The van der Waals surface area contributed by atoms with Crippen molar-refractivity contribution < 1.29 is 9.53 Å². The maximum atomic E-state index is 11.9. The Morgan fingerprint density at radius 2 is 2.03 bits per heavy atom. The lowest BCUT2D eigenvalue weighted by molar-refractivity contribution is 0.0496. The quantitative estimate of drug-likeness (QED) is 0.670. The van der Waals surface area contributed by atoms with E-state index in [0.29, 0.717) is 13.1 Å². The first-order chi connectivity index (χ1) is 15.3. The van der Waals surface area contributed by atoms with Gasteiger partial charge >= 0.3 is 6.09 Å². The van der Waals surface area contributed by atoms with E-state index in [1.807, 2.05) is 51.1 Å². The average Bonchev–Trinajstić information content (AvgIpc) is 3.39. The van der Waals surface area contributed by atoms with Crippen molar-refractivity contribution in [3.8, 4) is 11.4 Å². The summed E-state index contributed by atoms with van der Waals surface area (Å²) in [4.78, 5) is 28.9. The molecule has 0 spiro atoms. The number of hydrogen-bond donors (Lipinski definition) is 2. The van der Waals surface area contributed by atoms with Crippen molar-refractivity contribution in [2.24, 2.45) is 0 Å². The Morgan fingerprint density at radius 3 is 2.75 bits per heavy atom. The molecule has 4 rings (SSSR count). The van der Waals surface area contributed by atoms with Crippen LogP contribution in [0.1, 0.15) is 39.4 Å². The highest BCUT2D eigenvalue weighted by atomic mass is 16.6. The number of hydrogen-bond acceptors (Lipinski definition) is 6. The number of pyridine rings is 1. The smallest absolute Gasteiger partial charge is 0.407 e. The zero-order valence-corrected chi connectivity index (χ0v) is 19.1. The number of likely N-dealkylation sites (tertiary alicyclic amines) is 1. The monoisotopic (exact) mass is 436 g/mol. The molecular formula is C24H32N6O2. The van der Waals surface area contributed by atoms with Crippen LogP contribution in [-0.2, 0) is 4.74 Å². The lowest BCUT2D eigenvalue weighted by Gasteiger charge is -2.40. The molecule has 0 aromatic carbocycles. The Morgan fingerprint density at radius 1 is 1.28 bits per heavy atom. The molecule has 2 aliphatic rings. The van der Waals surface area contributed by atoms with Crippen molar-refractivity contribution in [3.05, 3.63) is 48.6 Å². The van der Waals surface area contributed by atoms with Gasteiger partial charge in [0.15, 0.2) is 0 Å². The van der Waals surface area contributed by atoms with Gasteiger partial charge in [0.25, 0.3) is 0 Å². The van der Waals surface area contributed by atoms with Gasteiger partial charge in [0, 0.05) is 31.9 Å². The molecule has 2 fully saturated rings. The Labute approximate surface area is 189 Å². The van der Waals surface area contributed by atoms with Gasteiger partial charge in [0.05, 0.1) is 23.6 Å². The van der Waals surface area contributed by atoms with Crippen LogP contribution in [0.15, 0.2) is 42.7 Å². The first kappa shape index (κ1) is 21.9. The SMILES string of the molecule is C=C(/C=C\c1ncc(-c2cccc(N3CC(NC(=O)OC(C)(C)C)C3)n2)[nH]1)N1CCCC1. The number of rotatable bonds is 6. The zero-order valence-electron chi connectivity index (χ0n) is 19.1. The van der Waals surface area contributed by atoms with E-state index in [9.17, 15) is 4.79 Å². The van der Waals surface area contributed by atoms with Crippen LogP contribution in [0.2, 0.25) is 0 Å². The Balaban J connectivity index is 1.33. The van der Waals surface area contributed by atoms with Gasteiger partial charge < -0.3 is 24.8 Å². The Bertz CT molecular complexity index is 994. The topological polar surface area (TPSA) is 86.4 Å². The molecule has 0 saturated carbocycles. The molecule has 8 heteroatoms. The molecule has 4 heterocycles. The molecule has 2 aliphatic heterocycles. The van der Waals surface area contributed by atoms with Crippen LogP contribution >= 0.6 is 0 Å². The molecule has 2 N–H and O–H groups in total. The molecule has 0 unspecified atom stereocenters. The second-order valence-electron chi connectivity index (χ2n) is 9.33. The minimum atomic E-state index is -0.497. The van der Waals surface area contributed by atoms with Crippen LogP contribution < -0.4 is 10.2 Å². The van der Waals surface area contributed by atoms with E-state index in [-0.39, 0.29) is 12.1 Å². The zero-order chi connectivity index (χ0) is 22.7. The lowest BCUT2D eigenvalue weighted by atomic mass is 10.1. The summed E-state index contributed by atoms with van der Waals surface area (Å²) in [5, 5.41) is 2.90. The molecule has 0 atom stereocenters. The summed E-state index contributed by atoms with van der Waals surface area (Å²) in [6.45, 7) is 13.3. The number of allylic oxidation sites excluding steroid dienone is 1. The van der Waals surface area contributed by atoms with Crippen molar-refractivity contribution in [1.29, 1.82) is 0 Å². The average molecular weight is 437 g/mol. The van der Waals surface area contributed by atoms with Gasteiger partial charge in [0.1, 0.15) is 17.2 Å². The molecule has 0 radical (unpaired) electrons. The summed E-state index contributed by atoms with van der Waals surface area (Å²) in [6, 6.07) is 5.98. The van der Waals surface area contributed by atoms with Gasteiger partial charge in [-0.25, -0.2) is 14.8 Å². The maximum Gasteiger partial charge on any atom is 0.407 e. The number of anilines is 1. The van der Waals surface area contributed by atoms with Crippen LogP contribution in [0.3, 0.4) is 0 Å². The highest BCUT2D eigenvalue weighted by Crippen LogP contribution is 2.23. The Kier molecular flexibility index (Phi) is 6.21. The highest BCUT2D eigenvalue weighted by Gasteiger charge is 2.30. The van der Waals surface area contributed by atoms with Gasteiger partial charge in [-0.05, 0) is 57.9 Å². The number of aromatic nitrogens is 3. The van der Waals surface area contributed by atoms with Crippen LogP contribution in [0.25, 0.3) is 17.5 Å². The summed E-state index contributed by atoms with van der Waals surface area (Å²) in [7, 11) is 0. The number of alkyl carbamates (subject to hydrolysis) is 1. The number of carbonyl (C=O) groups is 1. The van der Waals surface area contributed by atoms with Crippen molar-refractivity contribution in [1.82, 2.24) is 25.2 Å². The van der Waals surface area contributed by atoms with Gasteiger partial charge in [-0.15, -0.1) is 0 Å². The number of aromatic amines is 1. The van der Waals surface area contributed by atoms with E-state index in [1.165, 1.54) is 12.8 Å². The van der Waals surface area contributed by atoms with Crippen molar-refractivity contribution in [2.75, 3.05) is 31.1 Å². The van der Waals surface area contributed by atoms with E-state index in [1.54, 1.807) is 6.20 Å². The van der Waals surface area contributed by atoms with Gasteiger partial charge in [-0.1, -0.05) is 12.6 Å². The minimum absolute atomic E-state index is 0.0582. The number of imidazole rings is 1. The first-order valence-corrected chi connectivity index (χ1v) is 11.2. The fourth-order valence-corrected chi connectivity index (χ4v) is 3.82. The normalized spacial score (nSPS) is 17.0. The number of carbonyl (C=O) groups excluding carboxylic acids is 1. The number of nitrogens with one attached hydrogen (secondary N) is 2. The fraction of sp³-hybridized carbons (Fsp3) is 0.458. The van der Waals surface area contributed by atoms with Crippen LogP contribution in [0.4, 0.5) is 10.6 Å². The second-order valence-corrected chi connectivity index (χ2v) is 9.33. The van der Waals surface area contributed by atoms with E-state index < -0.39 is 5.60 Å². The van der Waals surface area contributed by atoms with Gasteiger partial charge in [-0.3, -0.25) is 0 Å². The maximum absolute atomic E-state index is 11.9. The van der Waals surface area contributed by atoms with Gasteiger partial charge in [0.2, 0.25) is 0 Å². The number of ether oxygens (including phenoxy) is 1. The minimum Gasteiger partial charge on any atom is -0.444 e. The predicted molar refractivity (Wildman–Crippen MR) is 126 cm³/mol. The van der Waals surface area contributed by atoms with Crippen molar-refractivity contribution >= 4 is 18.0 Å². The number of amides is 1. The third-order valence-electron chi connectivity index (χ3n) is 5.48. The molecule has 0 bridgehead atoms. The lowest BCUT2D eigenvalue weighted by Crippen LogP contribution is -2.60. The molecule has 1 amide bonds. The second kappa shape index (κ2) is 9.06. The molecule has 2 saturated heterocycles. The summed E-state index contributed by atoms with van der Waals surface area (Å²) in [5.41, 5.74) is 2.22. The van der Waals surface area contributed by atoms with Crippen LogP contribution in [-0.4, -0.2) is 63.8 Å². The predicted octanol–water partition coefficient (Wildman–Crippen LogP) is 3.81. The standard InChI is InChI=1S/C24H32N6O2/c1-17(29-12-5-6-13-29)10-11-21-25-14-20(27-21)19-8-7-9-22(28-19)30-15-18(16-30)26-23(31)32-24(2,3)4/h7-11,14,18H,1,5-6,12-13,15-16H2,2-4H3,(H,25,27)(H,26,31)/b11-10-. The first-order valence-electron chi connectivity index (χ1n) is 11.2. The number of nitrogens with zero attached hydrogens (tertiary/aromatic N) is 4. The largest absolute Gasteiger partial charge is 0.444 e. The number of H-pyrrole nitrogens is 1. The van der Waals surface area contributed by atoms with E-state index in [2.05, 4.69) is 31.7 Å². The Hall–Kier alpha value is -3.29. The molecule has 8 nitrogen and oxygen atoms in total. The van der Waals surface area contributed by atoms with E-state index in [4.69, 9.17) is 9.72 Å². The van der Waals surface area contributed by atoms with Crippen molar-refractivity contribution in [3.63, 3.8) is 0 Å². The highest BCUT2D eigenvalue weighted by molar-refractivity contribution is 5.69. The summed E-state index contributed by atoms with van der Waals surface area (Å²) in [6.07, 6.45) is 7.84. The third-order valence-corrected chi connectivity index (χ3v) is 5.48. The summed E-state index contributed by atoms with van der Waals surface area (Å²) in [5.74, 6) is 1.65. The molecule has 2 aromatic rings. The molecular weight excluding hydrogens is 404 g/mol. The summed E-state index contributed by atoms with van der Waals surface area (Å²) < 4.78 is 5.32. The van der Waals surface area contributed by atoms with Crippen LogP contribution in [0.5, 0.6) is 0 Å². The van der Waals surface area contributed by atoms with E-state index >= 15 is 0 Å².